The topological polar surface area (TPSA) is 169 Å². The lowest BCUT2D eigenvalue weighted by atomic mass is 9.81. The summed E-state index contributed by atoms with van der Waals surface area (Å²) in [7, 11) is 1.64. The Labute approximate surface area is 259 Å². The number of amides is 5. The number of carbonyl (C=O) groups is 5. The molecular formula is C32H45N5O7. The number of urea groups is 1. The van der Waals surface area contributed by atoms with E-state index in [-0.39, 0.29) is 43.8 Å². The lowest BCUT2D eigenvalue weighted by molar-refractivity contribution is -0.132. The molecule has 5 amide bonds. The first-order chi connectivity index (χ1) is 20.9. The van der Waals surface area contributed by atoms with Crippen LogP contribution in [0.4, 0.5) is 20.1 Å². The van der Waals surface area contributed by atoms with Gasteiger partial charge in [0.25, 0.3) is 0 Å². The van der Waals surface area contributed by atoms with E-state index in [2.05, 4.69) is 16.0 Å². The first-order valence-corrected chi connectivity index (χ1v) is 14.7. The van der Waals surface area contributed by atoms with Crippen molar-refractivity contribution in [3.8, 4) is 0 Å². The minimum Gasteiger partial charge on any atom is -0.445 e. The molecule has 0 radical (unpaired) electrons. The Bertz CT molecular complexity index is 1240. The van der Waals surface area contributed by atoms with Gasteiger partial charge in [-0.15, -0.1) is 0 Å². The van der Waals surface area contributed by atoms with Crippen molar-refractivity contribution < 1.29 is 33.4 Å². The van der Waals surface area contributed by atoms with Crippen LogP contribution in [0.3, 0.4) is 0 Å². The van der Waals surface area contributed by atoms with E-state index in [0.29, 0.717) is 18.7 Å². The van der Waals surface area contributed by atoms with E-state index in [9.17, 15) is 24.0 Å². The first kappa shape index (κ1) is 35.6. The van der Waals surface area contributed by atoms with Crippen LogP contribution in [0.25, 0.3) is 0 Å². The normalized spacial score (nSPS) is 12.8. The van der Waals surface area contributed by atoms with E-state index in [4.69, 9.17) is 15.2 Å². The number of primary amides is 1. The highest BCUT2D eigenvalue weighted by atomic mass is 16.6. The quantitative estimate of drug-likeness (QED) is 0.204. The fraction of sp³-hybridized carbons (Fsp3) is 0.469. The van der Waals surface area contributed by atoms with Crippen molar-refractivity contribution in [2.24, 2.45) is 23.5 Å². The molecule has 0 aromatic heterocycles. The number of rotatable bonds is 16. The van der Waals surface area contributed by atoms with E-state index in [1.807, 2.05) is 37.3 Å². The average Bonchev–Trinajstić information content (AvgIpc) is 3.01. The molecule has 2 rings (SSSR count). The highest BCUT2D eigenvalue weighted by molar-refractivity contribution is 5.98. The van der Waals surface area contributed by atoms with Crippen LogP contribution in [0, 0.1) is 17.8 Å². The van der Waals surface area contributed by atoms with Crippen molar-refractivity contribution >= 4 is 35.6 Å². The smallest absolute Gasteiger partial charge is 0.409 e. The van der Waals surface area contributed by atoms with Crippen molar-refractivity contribution in [1.82, 2.24) is 15.5 Å². The van der Waals surface area contributed by atoms with Crippen molar-refractivity contribution in [3.63, 3.8) is 0 Å². The molecule has 3 atom stereocenters. The highest BCUT2D eigenvalue weighted by Crippen LogP contribution is 2.24. The Kier molecular flexibility index (Phi) is 14.7. The van der Waals surface area contributed by atoms with Crippen LogP contribution in [-0.2, 0) is 32.3 Å². The van der Waals surface area contributed by atoms with Crippen LogP contribution in [0.5, 0.6) is 0 Å². The van der Waals surface area contributed by atoms with Gasteiger partial charge in [0.15, 0.2) is 5.78 Å². The third kappa shape index (κ3) is 11.9. The molecule has 44 heavy (non-hydrogen) atoms. The molecule has 0 fully saturated rings. The number of benzene rings is 2. The number of Topliss-reactive ketones (excluding diaryl/α,β-unsaturated/α-hetero) is 1. The Morgan fingerprint density at radius 2 is 1.50 bits per heavy atom. The Morgan fingerprint density at radius 1 is 0.886 bits per heavy atom. The van der Waals surface area contributed by atoms with Crippen LogP contribution in [0.15, 0.2) is 54.6 Å². The summed E-state index contributed by atoms with van der Waals surface area (Å²) in [5.74, 6) is -2.52. The third-order valence-electron chi connectivity index (χ3n) is 7.21. The lowest BCUT2D eigenvalue weighted by Crippen LogP contribution is -2.49. The monoisotopic (exact) mass is 611 g/mol. The van der Waals surface area contributed by atoms with Crippen LogP contribution in [0.2, 0.25) is 0 Å². The molecule has 0 saturated heterocycles. The molecule has 0 bridgehead atoms. The van der Waals surface area contributed by atoms with E-state index < -0.39 is 36.1 Å². The predicted octanol–water partition coefficient (Wildman–Crippen LogP) is 4.43. The number of nitrogens with zero attached hydrogens (tertiary/aromatic N) is 1. The van der Waals surface area contributed by atoms with Gasteiger partial charge in [0, 0.05) is 37.7 Å². The van der Waals surface area contributed by atoms with E-state index in [0.717, 1.165) is 11.1 Å². The largest absolute Gasteiger partial charge is 0.445 e. The van der Waals surface area contributed by atoms with Crippen LogP contribution >= 0.6 is 0 Å². The molecule has 0 aliphatic carbocycles. The number of hydrogen-bond acceptors (Lipinski definition) is 7. The number of nitrogens with two attached hydrogens (primary N) is 1. The van der Waals surface area contributed by atoms with Crippen molar-refractivity contribution in [1.29, 1.82) is 0 Å². The van der Waals surface area contributed by atoms with Gasteiger partial charge in [0.2, 0.25) is 5.91 Å². The molecular weight excluding hydrogens is 566 g/mol. The summed E-state index contributed by atoms with van der Waals surface area (Å²) in [5.41, 5.74) is 7.21. The molecule has 0 saturated carbocycles. The van der Waals surface area contributed by atoms with E-state index in [1.165, 1.54) is 4.90 Å². The summed E-state index contributed by atoms with van der Waals surface area (Å²) in [6, 6.07) is 14.4. The Balaban J connectivity index is 2.10. The van der Waals surface area contributed by atoms with Crippen LogP contribution in [-0.4, -0.2) is 61.0 Å². The zero-order valence-corrected chi connectivity index (χ0v) is 26.1. The van der Waals surface area contributed by atoms with Crippen molar-refractivity contribution in [2.75, 3.05) is 25.5 Å². The molecule has 0 aliphatic heterocycles. The molecule has 2 aromatic carbocycles. The van der Waals surface area contributed by atoms with Gasteiger partial charge < -0.3 is 36.1 Å². The summed E-state index contributed by atoms with van der Waals surface area (Å²) in [4.78, 5) is 64.3. The maximum absolute atomic E-state index is 13.7. The summed E-state index contributed by atoms with van der Waals surface area (Å²) >= 11 is 0. The minimum atomic E-state index is -0.888. The molecule has 5 N–H and O–H groups in total. The zero-order chi connectivity index (χ0) is 32.6. The number of hydrogen-bond donors (Lipinski definition) is 4. The number of carbonyl (C=O) groups excluding carboxylic acids is 5. The fourth-order valence-electron chi connectivity index (χ4n) is 4.38. The zero-order valence-electron chi connectivity index (χ0n) is 26.1. The second kappa shape index (κ2) is 18.1. The fourth-order valence-corrected chi connectivity index (χ4v) is 4.38. The Morgan fingerprint density at radius 3 is 2.09 bits per heavy atom. The van der Waals surface area contributed by atoms with Crippen LogP contribution in [0.1, 0.15) is 51.7 Å². The van der Waals surface area contributed by atoms with Gasteiger partial charge in [-0.05, 0) is 48.9 Å². The summed E-state index contributed by atoms with van der Waals surface area (Å²) < 4.78 is 10.6. The van der Waals surface area contributed by atoms with Gasteiger partial charge >= 0.3 is 18.2 Å². The molecule has 2 aromatic rings. The number of nitrogens with one attached hydrogen (secondary N) is 3. The lowest BCUT2D eigenvalue weighted by Gasteiger charge is -2.28. The van der Waals surface area contributed by atoms with Gasteiger partial charge in [-0.3, -0.25) is 9.59 Å². The van der Waals surface area contributed by atoms with Crippen LogP contribution < -0.4 is 21.7 Å². The summed E-state index contributed by atoms with van der Waals surface area (Å²) in [6.45, 7) is 8.00. The molecule has 240 valence electrons. The van der Waals surface area contributed by atoms with Crippen molar-refractivity contribution in [2.45, 2.75) is 59.8 Å². The van der Waals surface area contributed by atoms with Gasteiger partial charge in [-0.25, -0.2) is 14.4 Å². The van der Waals surface area contributed by atoms with Gasteiger partial charge in [0.05, 0.1) is 6.04 Å². The number of ether oxygens (including phenoxy) is 2. The third-order valence-corrected chi connectivity index (χ3v) is 7.21. The maximum Gasteiger partial charge on any atom is 0.409 e. The average molecular weight is 612 g/mol. The first-order valence-electron chi connectivity index (χ1n) is 14.7. The molecule has 1 unspecified atom stereocenters. The van der Waals surface area contributed by atoms with E-state index >= 15 is 0 Å². The maximum atomic E-state index is 13.7. The number of ketones is 1. The minimum absolute atomic E-state index is 0.0517. The number of anilines is 1. The van der Waals surface area contributed by atoms with Gasteiger partial charge in [0.1, 0.15) is 13.2 Å². The van der Waals surface area contributed by atoms with Gasteiger partial charge in [-0.1, -0.05) is 63.2 Å². The molecule has 0 heterocycles. The Hall–Kier alpha value is -4.61. The predicted molar refractivity (Wildman–Crippen MR) is 166 cm³/mol. The second-order valence-corrected chi connectivity index (χ2v) is 10.9. The summed E-state index contributed by atoms with van der Waals surface area (Å²) in [6.07, 6.45) is -0.488. The SMILES string of the molecule is CCN(C)C(=O)OCc1ccc(NC(=O)[C@H](CCCNC(N)=O)C(C)C(=O)[C@@H](NC(=O)OCc2ccccc2)C(C)C)cc1. The second-order valence-electron chi connectivity index (χ2n) is 10.9. The highest BCUT2D eigenvalue weighted by Gasteiger charge is 2.36. The molecule has 12 nitrogen and oxygen atoms in total. The van der Waals surface area contributed by atoms with Crippen molar-refractivity contribution in [3.05, 3.63) is 65.7 Å². The standard InChI is InChI=1S/C32H45N5O7/c1-6-37(5)32(42)44-20-24-14-16-25(17-15-24)35-29(39)26(13-10-18-34-30(33)40)22(4)28(38)27(21(2)3)36-31(41)43-19-23-11-8-7-9-12-23/h7-9,11-12,14-17,21-22,26-27H,6,10,13,18-20H2,1-5H3,(H,35,39)(H,36,41)(H3,33,34,40)/t22?,26-,27+/m1/s1. The van der Waals surface area contributed by atoms with Gasteiger partial charge in [-0.2, -0.15) is 0 Å². The molecule has 0 spiro atoms. The summed E-state index contributed by atoms with van der Waals surface area (Å²) in [5, 5.41) is 8.04. The van der Waals surface area contributed by atoms with E-state index in [1.54, 1.807) is 52.1 Å². The number of alkyl carbamates (subject to hydrolysis) is 1. The molecule has 12 heteroatoms. The molecule has 0 aliphatic rings.